The molecule has 0 aliphatic carbocycles. The second-order valence-electron chi connectivity index (χ2n) is 7.27. The molecule has 164 valence electrons. The van der Waals surface area contributed by atoms with Gasteiger partial charge in [0.05, 0.1) is 10.6 Å². The van der Waals surface area contributed by atoms with Crippen LogP contribution in [0, 0.1) is 0 Å². The summed E-state index contributed by atoms with van der Waals surface area (Å²) in [5.41, 5.74) is 10.2. The van der Waals surface area contributed by atoms with Crippen molar-refractivity contribution in [3.05, 3.63) is 72.3 Å². The summed E-state index contributed by atoms with van der Waals surface area (Å²) in [6, 6.07) is 13.6. The van der Waals surface area contributed by atoms with Gasteiger partial charge in [0.2, 0.25) is 10.0 Å². The zero-order chi connectivity index (χ0) is 23.2. The summed E-state index contributed by atoms with van der Waals surface area (Å²) in [6.45, 7) is 0. The molecule has 0 fully saturated rings. The first-order valence-electron chi connectivity index (χ1n) is 9.65. The minimum absolute atomic E-state index is 0.0353. The molecule has 4 aromatic heterocycles. The van der Waals surface area contributed by atoms with Gasteiger partial charge in [-0.25, -0.2) is 28.5 Å². The molecule has 5 N–H and O–H groups in total. The molecule has 5 aromatic rings. The molecule has 0 saturated heterocycles. The normalized spacial score (nSPS) is 11.7. The van der Waals surface area contributed by atoms with E-state index in [1.54, 1.807) is 48.9 Å². The molecule has 0 amide bonds. The lowest BCUT2D eigenvalue weighted by Crippen LogP contribution is -2.13. The smallest absolute Gasteiger partial charge is 0.238 e. The van der Waals surface area contributed by atoms with Crippen molar-refractivity contribution >= 4 is 38.5 Å². The molecule has 0 spiro atoms. The fourth-order valence-electron chi connectivity index (χ4n) is 3.61. The number of nitrogen functional groups attached to an aromatic ring is 1. The van der Waals surface area contributed by atoms with Crippen molar-refractivity contribution in [2.45, 2.75) is 4.90 Å². The second kappa shape index (κ2) is 7.93. The average molecular weight is 478 g/mol. The average Bonchev–Trinajstić information content (AvgIpc) is 3.22. The number of aromatic amines is 1. The van der Waals surface area contributed by atoms with Crippen molar-refractivity contribution in [1.29, 1.82) is 0 Å². The van der Waals surface area contributed by atoms with Crippen molar-refractivity contribution in [3.63, 3.8) is 0 Å². The third-order valence-corrected chi connectivity index (χ3v) is 6.41. The summed E-state index contributed by atoms with van der Waals surface area (Å²) in [5, 5.41) is 13.6. The Morgan fingerprint density at radius 3 is 2.42 bits per heavy atom. The quantitative estimate of drug-likeness (QED) is 0.334. The topological polar surface area (TPSA) is 154 Å². The first kappa shape index (κ1) is 21.0. The summed E-state index contributed by atoms with van der Waals surface area (Å²) < 4.78 is 24.2. The van der Waals surface area contributed by atoms with Crippen LogP contribution in [-0.4, -0.2) is 33.6 Å². The van der Waals surface area contributed by atoms with Crippen LogP contribution < -0.4 is 10.9 Å². The first-order valence-corrected chi connectivity index (χ1v) is 11.6. The summed E-state index contributed by atoms with van der Waals surface area (Å²) in [4.78, 5) is 12.7. The molecule has 0 aliphatic rings. The van der Waals surface area contributed by atoms with E-state index >= 15 is 0 Å². The Bertz CT molecular complexity index is 1630. The maximum absolute atomic E-state index is 12.1. The van der Waals surface area contributed by atoms with Crippen LogP contribution in [0.15, 0.2) is 72.0 Å². The number of fused-ring (bicyclic) bond motifs is 1. The van der Waals surface area contributed by atoms with Crippen LogP contribution in [0.5, 0.6) is 0 Å². The predicted molar refractivity (Wildman–Crippen MR) is 127 cm³/mol. The molecule has 9 nitrogen and oxygen atoms in total. The summed E-state index contributed by atoms with van der Waals surface area (Å²) >= 11 is 6.34. The van der Waals surface area contributed by atoms with Gasteiger partial charge in [0, 0.05) is 51.8 Å². The van der Waals surface area contributed by atoms with Gasteiger partial charge in [-0.15, -0.1) is 0 Å². The van der Waals surface area contributed by atoms with Crippen LogP contribution >= 0.6 is 11.6 Å². The Labute approximate surface area is 193 Å². The number of nitrogens with zero attached hydrogens (tertiary/aromatic N) is 4. The number of aromatic nitrogens is 5. The van der Waals surface area contributed by atoms with Gasteiger partial charge in [-0.2, -0.15) is 5.10 Å². The van der Waals surface area contributed by atoms with E-state index in [9.17, 15) is 8.42 Å². The van der Waals surface area contributed by atoms with Gasteiger partial charge in [-0.05, 0) is 30.3 Å². The molecule has 33 heavy (non-hydrogen) atoms. The molecular formula is C22H16ClN7O2S. The van der Waals surface area contributed by atoms with Crippen molar-refractivity contribution in [2.24, 2.45) is 5.14 Å². The fraction of sp³-hybridized carbons (Fsp3) is 0. The Hall–Kier alpha value is -3.86. The van der Waals surface area contributed by atoms with Crippen LogP contribution in [0.25, 0.3) is 44.5 Å². The lowest BCUT2D eigenvalue weighted by molar-refractivity contribution is 0.598. The highest BCUT2D eigenvalue weighted by Gasteiger charge is 2.18. The van der Waals surface area contributed by atoms with Gasteiger partial charge in [-0.3, -0.25) is 5.10 Å². The van der Waals surface area contributed by atoms with Gasteiger partial charge in [0.15, 0.2) is 5.65 Å². The van der Waals surface area contributed by atoms with Crippen LogP contribution in [0.2, 0.25) is 5.15 Å². The zero-order valence-electron chi connectivity index (χ0n) is 16.9. The lowest BCUT2D eigenvalue weighted by atomic mass is 10.0. The largest absolute Gasteiger partial charge is 0.384 e. The number of hydrogen-bond acceptors (Lipinski definition) is 7. The number of nitrogens with two attached hydrogens (primary N) is 2. The van der Waals surface area contributed by atoms with E-state index < -0.39 is 10.0 Å². The first-order chi connectivity index (χ1) is 15.8. The maximum Gasteiger partial charge on any atom is 0.238 e. The highest BCUT2D eigenvalue weighted by atomic mass is 35.5. The van der Waals surface area contributed by atoms with E-state index in [0.717, 1.165) is 22.2 Å². The molecular weight excluding hydrogens is 462 g/mol. The van der Waals surface area contributed by atoms with E-state index in [-0.39, 0.29) is 10.0 Å². The summed E-state index contributed by atoms with van der Waals surface area (Å²) in [7, 11) is -3.96. The summed E-state index contributed by atoms with van der Waals surface area (Å²) in [5.74, 6) is 0.388. The Morgan fingerprint density at radius 1 is 0.879 bits per heavy atom. The Balaban J connectivity index is 1.66. The second-order valence-corrected chi connectivity index (χ2v) is 9.15. The van der Waals surface area contributed by atoms with E-state index in [1.807, 2.05) is 12.1 Å². The van der Waals surface area contributed by atoms with E-state index in [1.165, 1.54) is 6.07 Å². The minimum atomic E-state index is -3.96. The predicted octanol–water partition coefficient (Wildman–Crippen LogP) is 3.63. The number of nitrogens with one attached hydrogen (secondary N) is 1. The molecule has 0 unspecified atom stereocenters. The SMILES string of the molecule is Nc1cc(-c2[nH]nc3ncc(-c4cnc(Cl)c(-c5ccccc5S(N)(=O)=O)c4)cc23)ccn1. The van der Waals surface area contributed by atoms with Gasteiger partial charge < -0.3 is 5.73 Å². The van der Waals surface area contributed by atoms with Crippen LogP contribution in [-0.2, 0) is 10.0 Å². The number of benzene rings is 1. The monoisotopic (exact) mass is 477 g/mol. The van der Waals surface area contributed by atoms with Crippen molar-refractivity contribution in [2.75, 3.05) is 5.73 Å². The van der Waals surface area contributed by atoms with Gasteiger partial charge in [0.1, 0.15) is 11.0 Å². The summed E-state index contributed by atoms with van der Waals surface area (Å²) in [6.07, 6.45) is 4.87. The number of pyridine rings is 3. The third-order valence-electron chi connectivity index (χ3n) is 5.14. The lowest BCUT2D eigenvalue weighted by Gasteiger charge is -2.11. The molecule has 0 radical (unpaired) electrons. The van der Waals surface area contributed by atoms with Crippen molar-refractivity contribution < 1.29 is 8.42 Å². The van der Waals surface area contributed by atoms with Crippen molar-refractivity contribution in [1.82, 2.24) is 25.1 Å². The van der Waals surface area contributed by atoms with E-state index in [0.29, 0.717) is 28.2 Å². The molecule has 4 heterocycles. The molecule has 1 aromatic carbocycles. The Morgan fingerprint density at radius 2 is 1.64 bits per heavy atom. The molecule has 0 bridgehead atoms. The highest BCUT2D eigenvalue weighted by Crippen LogP contribution is 2.35. The minimum Gasteiger partial charge on any atom is -0.384 e. The highest BCUT2D eigenvalue weighted by molar-refractivity contribution is 7.89. The van der Waals surface area contributed by atoms with Gasteiger partial charge in [0.25, 0.3) is 0 Å². The molecule has 0 aliphatic heterocycles. The standard InChI is InChI=1S/C22H16ClN7O2S/c23-21-16(15-3-1-2-4-18(15)33(25,31)32)7-13(10-27-21)14-8-17-20(29-30-22(17)28-11-14)12-5-6-26-19(24)9-12/h1-11H,(H2,24,26)(H2,25,31,32)(H,28,29,30). The number of rotatable bonds is 4. The van der Waals surface area contributed by atoms with Gasteiger partial charge in [-0.1, -0.05) is 29.8 Å². The van der Waals surface area contributed by atoms with E-state index in [2.05, 4.69) is 25.1 Å². The molecule has 5 rings (SSSR count). The number of hydrogen-bond donors (Lipinski definition) is 3. The third kappa shape index (κ3) is 3.91. The maximum atomic E-state index is 12.1. The number of sulfonamides is 1. The number of halogens is 1. The number of primary sulfonamides is 1. The Kier molecular flexibility index (Phi) is 5.05. The van der Waals surface area contributed by atoms with Gasteiger partial charge >= 0.3 is 0 Å². The fourth-order valence-corrected chi connectivity index (χ4v) is 4.57. The zero-order valence-corrected chi connectivity index (χ0v) is 18.5. The van der Waals surface area contributed by atoms with Crippen LogP contribution in [0.4, 0.5) is 5.82 Å². The molecule has 0 atom stereocenters. The van der Waals surface area contributed by atoms with Crippen LogP contribution in [0.1, 0.15) is 0 Å². The molecule has 11 heteroatoms. The number of H-pyrrole nitrogens is 1. The van der Waals surface area contributed by atoms with Crippen molar-refractivity contribution in [3.8, 4) is 33.5 Å². The van der Waals surface area contributed by atoms with E-state index in [4.69, 9.17) is 22.5 Å². The van der Waals surface area contributed by atoms with Crippen LogP contribution in [0.3, 0.4) is 0 Å². The number of anilines is 1. The molecule has 0 saturated carbocycles.